The van der Waals surface area contributed by atoms with Crippen LogP contribution in [-0.2, 0) is 12.4 Å². The van der Waals surface area contributed by atoms with Crippen LogP contribution in [0.25, 0.3) is 0 Å². The minimum absolute atomic E-state index is 0.178. The Morgan fingerprint density at radius 2 is 2.28 bits per heavy atom. The summed E-state index contributed by atoms with van der Waals surface area (Å²) in [6, 6.07) is 4.09. The van der Waals surface area contributed by atoms with Crippen LogP contribution in [-0.4, -0.2) is 14.5 Å². The van der Waals surface area contributed by atoms with Gasteiger partial charge in [-0.3, -0.25) is 10.1 Å². The maximum absolute atomic E-state index is 13.8. The molecule has 5 nitrogen and oxygen atoms in total. The number of rotatable bonds is 4. The van der Waals surface area contributed by atoms with E-state index in [1.165, 1.54) is 18.5 Å². The van der Waals surface area contributed by atoms with Crippen molar-refractivity contribution in [1.29, 1.82) is 0 Å². The van der Waals surface area contributed by atoms with E-state index in [0.717, 1.165) is 6.07 Å². The van der Waals surface area contributed by atoms with Crippen molar-refractivity contribution in [3.8, 4) is 0 Å². The zero-order valence-corrected chi connectivity index (χ0v) is 9.97. The molecule has 0 spiro atoms. The maximum Gasteiger partial charge on any atom is 0.305 e. The first-order valence-electron chi connectivity index (χ1n) is 5.10. The van der Waals surface area contributed by atoms with Gasteiger partial charge < -0.3 is 4.57 Å². The summed E-state index contributed by atoms with van der Waals surface area (Å²) in [6.45, 7) is 0.178. The molecule has 0 saturated heterocycles. The number of alkyl halides is 1. The van der Waals surface area contributed by atoms with Gasteiger partial charge in [0.25, 0.3) is 0 Å². The highest BCUT2D eigenvalue weighted by atomic mass is 35.5. The number of nitro benzene ring substituents is 1. The average Bonchev–Trinajstić information content (AvgIpc) is 2.79. The molecule has 0 unspecified atom stereocenters. The minimum Gasteiger partial charge on any atom is -0.333 e. The van der Waals surface area contributed by atoms with Crippen LogP contribution in [0.2, 0.25) is 0 Å². The van der Waals surface area contributed by atoms with Crippen molar-refractivity contribution in [2.45, 2.75) is 12.4 Å². The van der Waals surface area contributed by atoms with Gasteiger partial charge in [-0.15, -0.1) is 11.6 Å². The second kappa shape index (κ2) is 5.14. The third kappa shape index (κ3) is 2.48. The van der Waals surface area contributed by atoms with Gasteiger partial charge >= 0.3 is 5.69 Å². The molecular formula is C11H9ClFN3O2. The highest BCUT2D eigenvalue weighted by Gasteiger charge is 2.17. The zero-order valence-electron chi connectivity index (χ0n) is 9.22. The Labute approximate surface area is 107 Å². The van der Waals surface area contributed by atoms with Crippen LogP contribution in [0.5, 0.6) is 0 Å². The zero-order chi connectivity index (χ0) is 13.1. The molecule has 18 heavy (non-hydrogen) atoms. The molecule has 1 heterocycles. The molecule has 1 aromatic carbocycles. The number of benzene rings is 1. The monoisotopic (exact) mass is 269 g/mol. The van der Waals surface area contributed by atoms with Gasteiger partial charge in [0.15, 0.2) is 0 Å². The summed E-state index contributed by atoms with van der Waals surface area (Å²) < 4.78 is 15.4. The van der Waals surface area contributed by atoms with Crippen LogP contribution in [0.3, 0.4) is 0 Å². The van der Waals surface area contributed by atoms with E-state index in [1.807, 2.05) is 0 Å². The fourth-order valence-corrected chi connectivity index (χ4v) is 1.73. The Morgan fingerprint density at radius 3 is 2.89 bits per heavy atom. The lowest BCUT2D eigenvalue weighted by Crippen LogP contribution is -2.02. The van der Waals surface area contributed by atoms with Crippen LogP contribution in [0.15, 0.2) is 30.7 Å². The topological polar surface area (TPSA) is 61.0 Å². The second-order valence-electron chi connectivity index (χ2n) is 3.68. The van der Waals surface area contributed by atoms with Gasteiger partial charge in [-0.25, -0.2) is 4.98 Å². The molecule has 0 N–H and O–H groups in total. The Kier molecular flexibility index (Phi) is 3.57. The first-order chi connectivity index (χ1) is 8.61. The van der Waals surface area contributed by atoms with Gasteiger partial charge in [-0.05, 0) is 0 Å². The third-order valence-electron chi connectivity index (χ3n) is 2.43. The van der Waals surface area contributed by atoms with E-state index >= 15 is 0 Å². The van der Waals surface area contributed by atoms with Crippen LogP contribution in [0.4, 0.5) is 10.1 Å². The summed E-state index contributed by atoms with van der Waals surface area (Å²) in [4.78, 5) is 13.9. The molecule has 0 bridgehead atoms. The number of imidazole rings is 1. The van der Waals surface area contributed by atoms with Crippen molar-refractivity contribution in [3.63, 3.8) is 0 Å². The van der Waals surface area contributed by atoms with Gasteiger partial charge in [0.2, 0.25) is 5.82 Å². The minimum atomic E-state index is -0.816. The van der Waals surface area contributed by atoms with E-state index in [0.29, 0.717) is 5.69 Å². The van der Waals surface area contributed by atoms with Crippen molar-refractivity contribution in [2.75, 3.05) is 0 Å². The Balaban J connectivity index is 2.29. The van der Waals surface area contributed by atoms with Gasteiger partial charge in [0, 0.05) is 17.8 Å². The molecule has 0 aliphatic heterocycles. The number of hydrogen-bond donors (Lipinski definition) is 0. The molecule has 0 atom stereocenters. The summed E-state index contributed by atoms with van der Waals surface area (Å²) in [6.07, 6.45) is 3.18. The lowest BCUT2D eigenvalue weighted by molar-refractivity contribution is -0.387. The molecule has 0 aliphatic rings. The second-order valence-corrected chi connectivity index (χ2v) is 3.95. The summed E-state index contributed by atoms with van der Waals surface area (Å²) in [5, 5.41) is 10.6. The molecule has 2 rings (SSSR count). The van der Waals surface area contributed by atoms with E-state index < -0.39 is 16.4 Å². The van der Waals surface area contributed by atoms with E-state index in [-0.39, 0.29) is 18.0 Å². The lowest BCUT2D eigenvalue weighted by Gasteiger charge is -2.04. The van der Waals surface area contributed by atoms with Crippen LogP contribution >= 0.6 is 11.6 Å². The number of nitrogens with zero attached hydrogens (tertiary/aromatic N) is 3. The van der Waals surface area contributed by atoms with Gasteiger partial charge in [-0.1, -0.05) is 12.1 Å². The van der Waals surface area contributed by atoms with Crippen LogP contribution < -0.4 is 0 Å². The van der Waals surface area contributed by atoms with E-state index in [1.54, 1.807) is 10.8 Å². The predicted octanol–water partition coefficient (Wildman–Crippen LogP) is 2.72. The molecule has 94 valence electrons. The molecule has 0 saturated carbocycles. The highest BCUT2D eigenvalue weighted by Crippen LogP contribution is 2.20. The molecule has 0 aliphatic carbocycles. The number of aromatic nitrogens is 2. The van der Waals surface area contributed by atoms with E-state index in [4.69, 9.17) is 11.6 Å². The van der Waals surface area contributed by atoms with Gasteiger partial charge in [0.1, 0.15) is 0 Å². The van der Waals surface area contributed by atoms with Crippen molar-refractivity contribution in [3.05, 3.63) is 57.9 Å². The number of halogens is 2. The smallest absolute Gasteiger partial charge is 0.305 e. The molecular weight excluding hydrogens is 261 g/mol. The Hall–Kier alpha value is -1.95. The lowest BCUT2D eigenvalue weighted by atomic mass is 10.2. The molecule has 1 aromatic heterocycles. The highest BCUT2D eigenvalue weighted by molar-refractivity contribution is 6.16. The molecule has 2 aromatic rings. The fourth-order valence-electron chi connectivity index (χ4n) is 1.59. The van der Waals surface area contributed by atoms with Crippen molar-refractivity contribution < 1.29 is 9.31 Å². The standard InChI is InChI=1S/C11H9ClFN3O2/c12-4-9-6-15(7-14-9)5-8-2-1-3-10(11(8)13)16(17)18/h1-3,6-7H,4-5H2. The quantitative estimate of drug-likeness (QED) is 0.487. The normalized spacial score (nSPS) is 10.6. The van der Waals surface area contributed by atoms with Crippen LogP contribution in [0, 0.1) is 15.9 Å². The summed E-state index contributed by atoms with van der Waals surface area (Å²) >= 11 is 5.60. The van der Waals surface area contributed by atoms with E-state index in [9.17, 15) is 14.5 Å². The maximum atomic E-state index is 13.8. The Bertz CT molecular complexity index is 585. The summed E-state index contributed by atoms with van der Waals surface area (Å²) in [7, 11) is 0. The fraction of sp³-hybridized carbons (Fsp3) is 0.182. The SMILES string of the molecule is O=[N+]([O-])c1cccc(Cn2cnc(CCl)c2)c1F. The van der Waals surface area contributed by atoms with Crippen LogP contribution in [0.1, 0.15) is 11.3 Å². The largest absolute Gasteiger partial charge is 0.333 e. The average molecular weight is 270 g/mol. The van der Waals surface area contributed by atoms with E-state index in [2.05, 4.69) is 4.98 Å². The predicted molar refractivity (Wildman–Crippen MR) is 63.9 cm³/mol. The molecule has 7 heteroatoms. The first kappa shape index (κ1) is 12.5. The molecule has 0 radical (unpaired) electrons. The number of nitro groups is 1. The Morgan fingerprint density at radius 1 is 1.50 bits per heavy atom. The van der Waals surface area contributed by atoms with Gasteiger partial charge in [0.05, 0.1) is 29.4 Å². The first-order valence-corrected chi connectivity index (χ1v) is 5.63. The molecule has 0 fully saturated rings. The van der Waals surface area contributed by atoms with Crippen molar-refractivity contribution in [2.24, 2.45) is 0 Å². The van der Waals surface area contributed by atoms with Crippen molar-refractivity contribution in [1.82, 2.24) is 9.55 Å². The van der Waals surface area contributed by atoms with Gasteiger partial charge in [-0.2, -0.15) is 4.39 Å². The number of hydrogen-bond acceptors (Lipinski definition) is 3. The molecule has 0 amide bonds. The third-order valence-corrected chi connectivity index (χ3v) is 2.71. The summed E-state index contributed by atoms with van der Waals surface area (Å²) in [5.74, 6) is -0.548. The van der Waals surface area contributed by atoms with Crippen molar-refractivity contribution >= 4 is 17.3 Å². The summed E-state index contributed by atoms with van der Waals surface area (Å²) in [5.41, 5.74) is 0.385.